The van der Waals surface area contributed by atoms with Gasteiger partial charge in [-0.05, 0) is 60.9 Å². The number of rotatable bonds is 3. The summed E-state index contributed by atoms with van der Waals surface area (Å²) in [5.74, 6) is 0.836. The number of carbonyl (C=O) groups excluding carboxylic acids is 1. The topological polar surface area (TPSA) is 38.3 Å². The van der Waals surface area contributed by atoms with Crippen LogP contribution in [0.2, 0.25) is 0 Å². The Hall–Kier alpha value is -3.07. The highest BCUT2D eigenvalue weighted by Crippen LogP contribution is 2.34. The molecule has 136 valence electrons. The van der Waals surface area contributed by atoms with E-state index in [-0.39, 0.29) is 11.5 Å². The zero-order chi connectivity index (χ0) is 19.0. The summed E-state index contributed by atoms with van der Waals surface area (Å²) in [6.45, 7) is 6.05. The number of amides is 1. The van der Waals surface area contributed by atoms with E-state index < -0.39 is 0 Å². The monoisotopic (exact) mass is 357 g/mol. The van der Waals surface area contributed by atoms with E-state index in [1.165, 1.54) is 0 Å². The Bertz CT molecular complexity index is 1060. The lowest BCUT2D eigenvalue weighted by molar-refractivity contribution is -0.115. The minimum atomic E-state index is -0.307. The molecule has 3 aromatic carbocycles. The Labute approximate surface area is 159 Å². The molecule has 0 bridgehead atoms. The molecule has 0 spiro atoms. The molecule has 3 nitrogen and oxygen atoms in total. The largest absolute Gasteiger partial charge is 0.483 e. The maximum absolute atomic E-state index is 12.7. The fourth-order valence-corrected chi connectivity index (χ4v) is 3.47. The van der Waals surface area contributed by atoms with E-state index in [1.807, 2.05) is 63.2 Å². The quantitative estimate of drug-likeness (QED) is 0.671. The van der Waals surface area contributed by atoms with Gasteiger partial charge in [0.1, 0.15) is 11.4 Å². The average Bonchev–Trinajstić information content (AvgIpc) is 2.62. The minimum Gasteiger partial charge on any atom is -0.483 e. The average molecular weight is 357 g/mol. The molecule has 1 amide bonds. The zero-order valence-corrected chi connectivity index (χ0v) is 15.9. The third-order valence-corrected chi connectivity index (χ3v) is 4.90. The van der Waals surface area contributed by atoms with Crippen molar-refractivity contribution in [2.24, 2.45) is 0 Å². The predicted octanol–water partition coefficient (Wildman–Crippen LogP) is 5.51. The van der Waals surface area contributed by atoms with Crippen molar-refractivity contribution < 1.29 is 9.53 Å². The number of hydrogen-bond donors (Lipinski definition) is 1. The lowest BCUT2D eigenvalue weighted by atomic mass is 10.00. The second kappa shape index (κ2) is 6.58. The highest BCUT2D eigenvalue weighted by atomic mass is 16.5. The minimum absolute atomic E-state index is 0.0181. The van der Waals surface area contributed by atoms with Crippen LogP contribution < -0.4 is 10.1 Å². The van der Waals surface area contributed by atoms with Crippen LogP contribution in [0.4, 0.5) is 5.69 Å². The van der Waals surface area contributed by atoms with Gasteiger partial charge >= 0.3 is 0 Å². The summed E-state index contributed by atoms with van der Waals surface area (Å²) in [5, 5.41) is 5.34. The molecule has 3 heteroatoms. The molecule has 4 rings (SSSR count). The maximum atomic E-state index is 12.7. The zero-order valence-electron chi connectivity index (χ0n) is 15.9. The van der Waals surface area contributed by atoms with E-state index >= 15 is 0 Å². The molecule has 0 atom stereocenters. The van der Waals surface area contributed by atoms with Crippen molar-refractivity contribution in [3.8, 4) is 5.75 Å². The lowest BCUT2D eigenvalue weighted by Crippen LogP contribution is -2.27. The summed E-state index contributed by atoms with van der Waals surface area (Å²) in [7, 11) is 0. The van der Waals surface area contributed by atoms with Gasteiger partial charge in [-0.15, -0.1) is 0 Å². The molecule has 0 aliphatic carbocycles. The summed E-state index contributed by atoms with van der Waals surface area (Å²) in [4.78, 5) is 12.7. The van der Waals surface area contributed by atoms with Crippen LogP contribution in [0.1, 0.15) is 30.5 Å². The normalized spacial score (nSPS) is 14.5. The van der Waals surface area contributed by atoms with Crippen LogP contribution in [0.25, 0.3) is 16.8 Å². The number of nitrogens with one attached hydrogen (secondary N) is 1. The Morgan fingerprint density at radius 1 is 1.07 bits per heavy atom. The van der Waals surface area contributed by atoms with Crippen LogP contribution in [0, 0.1) is 6.92 Å². The van der Waals surface area contributed by atoms with E-state index in [9.17, 15) is 4.79 Å². The molecule has 0 fully saturated rings. The third-order valence-electron chi connectivity index (χ3n) is 4.90. The molecular formula is C24H23NO2. The molecule has 27 heavy (non-hydrogen) atoms. The Morgan fingerprint density at radius 2 is 1.85 bits per heavy atom. The van der Waals surface area contributed by atoms with Crippen LogP contribution >= 0.6 is 0 Å². The van der Waals surface area contributed by atoms with Crippen molar-refractivity contribution in [2.75, 3.05) is 5.32 Å². The number of anilines is 1. The summed E-state index contributed by atoms with van der Waals surface area (Å²) in [6.07, 6.45) is 4.43. The van der Waals surface area contributed by atoms with Crippen LogP contribution in [0.15, 0.2) is 60.7 Å². The highest BCUT2D eigenvalue weighted by Gasteiger charge is 2.22. The van der Waals surface area contributed by atoms with E-state index in [1.54, 1.807) is 0 Å². The van der Waals surface area contributed by atoms with Gasteiger partial charge in [0.25, 0.3) is 0 Å². The van der Waals surface area contributed by atoms with Crippen molar-refractivity contribution >= 4 is 28.4 Å². The van der Waals surface area contributed by atoms with Gasteiger partial charge in [0, 0.05) is 11.3 Å². The number of benzene rings is 3. The molecule has 0 aromatic heterocycles. The highest BCUT2D eigenvalue weighted by molar-refractivity contribution is 5.97. The second-order valence-electron chi connectivity index (χ2n) is 7.61. The van der Waals surface area contributed by atoms with Gasteiger partial charge in [-0.1, -0.05) is 48.5 Å². The number of aryl methyl sites for hydroxylation is 1. The number of ether oxygens (including phenoxy) is 1. The van der Waals surface area contributed by atoms with Crippen molar-refractivity contribution in [2.45, 2.75) is 32.8 Å². The Balaban J connectivity index is 1.57. The standard InChI is InChI=1S/C24H23NO2/c1-16-13-22-19(11-12-24(2,3)27-22)14-21(16)25-23(26)15-18-9-6-8-17-7-4-5-10-20(17)18/h4-14H,15H2,1-3H3,(H,25,26). The van der Waals surface area contributed by atoms with Gasteiger partial charge in [0.05, 0.1) is 6.42 Å². The predicted molar refractivity (Wildman–Crippen MR) is 111 cm³/mol. The van der Waals surface area contributed by atoms with Crippen LogP contribution in [-0.4, -0.2) is 11.5 Å². The maximum Gasteiger partial charge on any atom is 0.228 e. The van der Waals surface area contributed by atoms with Crippen LogP contribution in [0.3, 0.4) is 0 Å². The molecule has 1 aliphatic heterocycles. The summed E-state index contributed by atoms with van der Waals surface area (Å²) >= 11 is 0. The summed E-state index contributed by atoms with van der Waals surface area (Å²) < 4.78 is 6.00. The van der Waals surface area contributed by atoms with Gasteiger partial charge in [0.15, 0.2) is 0 Å². The summed E-state index contributed by atoms with van der Waals surface area (Å²) in [6, 6.07) is 18.2. The lowest BCUT2D eigenvalue weighted by Gasteiger charge is -2.28. The van der Waals surface area contributed by atoms with Crippen LogP contribution in [0.5, 0.6) is 5.75 Å². The second-order valence-corrected chi connectivity index (χ2v) is 7.61. The van der Waals surface area contributed by atoms with Crippen molar-refractivity contribution in [3.63, 3.8) is 0 Å². The molecule has 1 aliphatic rings. The fourth-order valence-electron chi connectivity index (χ4n) is 3.47. The molecule has 0 saturated heterocycles. The molecule has 3 aromatic rings. The third kappa shape index (κ3) is 3.59. The Morgan fingerprint density at radius 3 is 2.70 bits per heavy atom. The van der Waals surface area contributed by atoms with Crippen molar-refractivity contribution in [1.82, 2.24) is 0 Å². The van der Waals surface area contributed by atoms with E-state index in [2.05, 4.69) is 29.6 Å². The first kappa shape index (κ1) is 17.3. The first-order valence-corrected chi connectivity index (χ1v) is 9.21. The fraction of sp³-hybridized carbons (Fsp3) is 0.208. The van der Waals surface area contributed by atoms with E-state index in [0.717, 1.165) is 38.9 Å². The smallest absolute Gasteiger partial charge is 0.228 e. The number of carbonyl (C=O) groups is 1. The van der Waals surface area contributed by atoms with Gasteiger partial charge in [0.2, 0.25) is 5.91 Å². The molecule has 0 unspecified atom stereocenters. The molecular weight excluding hydrogens is 334 g/mol. The molecule has 1 heterocycles. The van der Waals surface area contributed by atoms with E-state index in [4.69, 9.17) is 4.74 Å². The van der Waals surface area contributed by atoms with Crippen molar-refractivity contribution in [1.29, 1.82) is 0 Å². The Kier molecular flexibility index (Phi) is 4.23. The summed E-state index contributed by atoms with van der Waals surface area (Å²) in [5.41, 5.74) is 3.53. The van der Waals surface area contributed by atoms with Gasteiger partial charge in [-0.25, -0.2) is 0 Å². The SMILES string of the molecule is Cc1cc2c(cc1NC(=O)Cc1cccc3ccccc13)C=CC(C)(C)O2. The van der Waals surface area contributed by atoms with Crippen molar-refractivity contribution in [3.05, 3.63) is 77.4 Å². The van der Waals surface area contributed by atoms with Gasteiger partial charge in [-0.3, -0.25) is 4.79 Å². The molecule has 0 radical (unpaired) electrons. The van der Waals surface area contributed by atoms with Gasteiger partial charge < -0.3 is 10.1 Å². The number of hydrogen-bond acceptors (Lipinski definition) is 2. The van der Waals surface area contributed by atoms with Gasteiger partial charge in [-0.2, -0.15) is 0 Å². The van der Waals surface area contributed by atoms with Crippen LogP contribution in [-0.2, 0) is 11.2 Å². The number of fused-ring (bicyclic) bond motifs is 2. The van der Waals surface area contributed by atoms with E-state index in [0.29, 0.717) is 6.42 Å². The molecule has 0 saturated carbocycles. The molecule has 1 N–H and O–H groups in total. The first-order valence-electron chi connectivity index (χ1n) is 9.21. The first-order chi connectivity index (χ1) is 12.9.